The summed E-state index contributed by atoms with van der Waals surface area (Å²) in [4.78, 5) is 29.5. The zero-order valence-electron chi connectivity index (χ0n) is 16.7. The number of hydrogen-bond donors (Lipinski definition) is 2. The molecule has 4 rings (SSSR count). The van der Waals surface area contributed by atoms with Gasteiger partial charge in [0, 0.05) is 18.5 Å². The topological polar surface area (TPSA) is 108 Å². The number of sulfonamides is 1. The van der Waals surface area contributed by atoms with E-state index in [0.29, 0.717) is 24.9 Å². The van der Waals surface area contributed by atoms with Crippen molar-refractivity contribution in [2.45, 2.75) is 17.7 Å². The Kier molecular flexibility index (Phi) is 5.97. The Morgan fingerprint density at radius 2 is 1.68 bits per heavy atom. The summed E-state index contributed by atoms with van der Waals surface area (Å²) in [7, 11) is -3.67. The molecule has 9 heteroatoms. The van der Waals surface area contributed by atoms with Crippen LogP contribution in [0.15, 0.2) is 71.6 Å². The van der Waals surface area contributed by atoms with E-state index in [-0.39, 0.29) is 17.1 Å². The zero-order valence-corrected chi connectivity index (χ0v) is 17.5. The van der Waals surface area contributed by atoms with Crippen molar-refractivity contribution in [3.63, 3.8) is 0 Å². The van der Waals surface area contributed by atoms with E-state index in [1.165, 1.54) is 16.4 Å². The molecule has 0 radical (unpaired) electrons. The van der Waals surface area contributed by atoms with Crippen molar-refractivity contribution in [3.8, 4) is 0 Å². The SMILES string of the molecule is O=C(NNC(=O)C1CCCN(S(=O)(=O)c2ccccc2)C1)c1ccc2ccccc2n1. The minimum atomic E-state index is -3.67. The molecule has 0 bridgehead atoms. The molecule has 1 unspecified atom stereocenters. The van der Waals surface area contributed by atoms with Gasteiger partial charge in [-0.2, -0.15) is 4.31 Å². The van der Waals surface area contributed by atoms with E-state index in [2.05, 4.69) is 15.8 Å². The number of benzene rings is 2. The normalized spacial score (nSPS) is 17.2. The molecule has 3 aromatic rings. The van der Waals surface area contributed by atoms with Crippen LogP contribution < -0.4 is 10.9 Å². The Bertz CT molecular complexity index is 1210. The summed E-state index contributed by atoms with van der Waals surface area (Å²) in [6.45, 7) is 0.418. The van der Waals surface area contributed by atoms with Gasteiger partial charge in [-0.3, -0.25) is 20.4 Å². The monoisotopic (exact) mass is 438 g/mol. The van der Waals surface area contributed by atoms with Gasteiger partial charge >= 0.3 is 0 Å². The molecule has 1 saturated heterocycles. The van der Waals surface area contributed by atoms with Crippen LogP contribution in [0.1, 0.15) is 23.3 Å². The van der Waals surface area contributed by atoms with E-state index >= 15 is 0 Å². The number of hydrogen-bond acceptors (Lipinski definition) is 5. The molecule has 2 amide bonds. The number of carbonyl (C=O) groups excluding carboxylic acids is 2. The van der Waals surface area contributed by atoms with Crippen LogP contribution in [-0.2, 0) is 14.8 Å². The number of piperidine rings is 1. The van der Waals surface area contributed by atoms with Gasteiger partial charge in [0.25, 0.3) is 5.91 Å². The van der Waals surface area contributed by atoms with Crippen molar-refractivity contribution in [1.82, 2.24) is 20.1 Å². The molecule has 2 N–H and O–H groups in total. The van der Waals surface area contributed by atoms with Gasteiger partial charge in [-0.25, -0.2) is 13.4 Å². The summed E-state index contributed by atoms with van der Waals surface area (Å²) in [5, 5.41) is 0.907. The van der Waals surface area contributed by atoms with Crippen LogP contribution in [0.5, 0.6) is 0 Å². The van der Waals surface area contributed by atoms with Crippen LogP contribution in [0, 0.1) is 5.92 Å². The van der Waals surface area contributed by atoms with E-state index < -0.39 is 27.8 Å². The standard InChI is InChI=1S/C22H22N4O4S/c27-21(24-25-22(28)20-13-12-16-7-4-5-11-19(16)23-20)17-8-6-14-26(15-17)31(29,30)18-9-2-1-3-10-18/h1-5,7,9-13,17H,6,8,14-15H2,(H,24,27)(H,25,28). The molecule has 0 aliphatic carbocycles. The fourth-order valence-corrected chi connectivity index (χ4v) is 5.14. The average Bonchev–Trinajstić information content (AvgIpc) is 2.82. The van der Waals surface area contributed by atoms with Gasteiger partial charge in [-0.05, 0) is 37.1 Å². The Hall–Kier alpha value is -3.30. The van der Waals surface area contributed by atoms with Gasteiger partial charge in [-0.1, -0.05) is 42.5 Å². The fourth-order valence-electron chi connectivity index (χ4n) is 3.59. The first kappa shape index (κ1) is 21.0. The zero-order chi connectivity index (χ0) is 21.8. The number of hydrazine groups is 1. The number of rotatable bonds is 4. The smallest absolute Gasteiger partial charge is 0.273 e. The van der Waals surface area contributed by atoms with E-state index in [1.54, 1.807) is 36.4 Å². The second-order valence-corrected chi connectivity index (χ2v) is 9.29. The lowest BCUT2D eigenvalue weighted by molar-refractivity contribution is -0.126. The third-order valence-corrected chi connectivity index (χ3v) is 7.15. The quantitative estimate of drug-likeness (QED) is 0.607. The van der Waals surface area contributed by atoms with Crippen LogP contribution in [0.3, 0.4) is 0 Å². The molecule has 2 aromatic carbocycles. The van der Waals surface area contributed by atoms with Crippen molar-refractivity contribution in [2.24, 2.45) is 5.92 Å². The van der Waals surface area contributed by atoms with Crippen LogP contribution in [-0.4, -0.2) is 42.6 Å². The van der Waals surface area contributed by atoms with E-state index in [1.807, 2.05) is 18.2 Å². The summed E-state index contributed by atoms with van der Waals surface area (Å²) in [5.41, 5.74) is 5.64. The lowest BCUT2D eigenvalue weighted by atomic mass is 9.99. The molecule has 1 aliphatic rings. The first-order chi connectivity index (χ1) is 14.9. The minimum Gasteiger partial charge on any atom is -0.273 e. The van der Waals surface area contributed by atoms with Gasteiger partial charge in [0.2, 0.25) is 15.9 Å². The number of amides is 2. The predicted molar refractivity (Wildman–Crippen MR) is 115 cm³/mol. The molecular weight excluding hydrogens is 416 g/mol. The predicted octanol–water partition coefficient (Wildman–Crippen LogP) is 2.10. The Labute approximate surface area is 180 Å². The third-order valence-electron chi connectivity index (χ3n) is 5.27. The van der Waals surface area contributed by atoms with Crippen LogP contribution in [0.4, 0.5) is 0 Å². The molecule has 8 nitrogen and oxygen atoms in total. The molecule has 0 spiro atoms. The maximum Gasteiger partial charge on any atom is 0.288 e. The molecule has 2 heterocycles. The molecule has 31 heavy (non-hydrogen) atoms. The summed E-state index contributed by atoms with van der Waals surface area (Å²) < 4.78 is 27.0. The summed E-state index contributed by atoms with van der Waals surface area (Å²) in [6, 6.07) is 18.9. The van der Waals surface area contributed by atoms with Crippen LogP contribution in [0.2, 0.25) is 0 Å². The van der Waals surface area contributed by atoms with Gasteiger partial charge in [0.15, 0.2) is 0 Å². The van der Waals surface area contributed by atoms with Crippen molar-refractivity contribution in [1.29, 1.82) is 0 Å². The lowest BCUT2D eigenvalue weighted by Crippen LogP contribution is -2.50. The number of aromatic nitrogens is 1. The maximum atomic E-state index is 12.8. The Morgan fingerprint density at radius 1 is 0.935 bits per heavy atom. The average molecular weight is 439 g/mol. The molecule has 1 aromatic heterocycles. The first-order valence-corrected chi connectivity index (χ1v) is 11.4. The van der Waals surface area contributed by atoms with Crippen molar-refractivity contribution >= 4 is 32.7 Å². The van der Waals surface area contributed by atoms with E-state index in [4.69, 9.17) is 0 Å². The molecular formula is C22H22N4O4S. The Balaban J connectivity index is 1.38. The second kappa shape index (κ2) is 8.83. The van der Waals surface area contributed by atoms with Crippen LogP contribution in [0.25, 0.3) is 10.9 Å². The van der Waals surface area contributed by atoms with Crippen molar-refractivity contribution in [3.05, 3.63) is 72.4 Å². The van der Waals surface area contributed by atoms with Gasteiger partial charge < -0.3 is 0 Å². The van der Waals surface area contributed by atoms with Gasteiger partial charge in [-0.15, -0.1) is 0 Å². The van der Waals surface area contributed by atoms with Crippen molar-refractivity contribution in [2.75, 3.05) is 13.1 Å². The van der Waals surface area contributed by atoms with Crippen LogP contribution >= 0.6 is 0 Å². The lowest BCUT2D eigenvalue weighted by Gasteiger charge is -2.31. The molecule has 1 aliphatic heterocycles. The fraction of sp³-hybridized carbons (Fsp3) is 0.227. The maximum absolute atomic E-state index is 12.8. The number of pyridine rings is 1. The number of nitrogens with one attached hydrogen (secondary N) is 2. The summed E-state index contributed by atoms with van der Waals surface area (Å²) >= 11 is 0. The second-order valence-electron chi connectivity index (χ2n) is 7.35. The number of carbonyl (C=O) groups is 2. The van der Waals surface area contributed by atoms with E-state index in [9.17, 15) is 18.0 Å². The Morgan fingerprint density at radius 3 is 2.48 bits per heavy atom. The highest BCUT2D eigenvalue weighted by Gasteiger charge is 2.33. The number of nitrogens with zero attached hydrogens (tertiary/aromatic N) is 2. The van der Waals surface area contributed by atoms with Crippen molar-refractivity contribution < 1.29 is 18.0 Å². The van der Waals surface area contributed by atoms with E-state index in [0.717, 1.165) is 5.39 Å². The highest BCUT2D eigenvalue weighted by atomic mass is 32.2. The largest absolute Gasteiger partial charge is 0.288 e. The third kappa shape index (κ3) is 4.57. The first-order valence-electron chi connectivity index (χ1n) is 9.96. The summed E-state index contributed by atoms with van der Waals surface area (Å²) in [5.74, 6) is -1.53. The number of fused-ring (bicyclic) bond motifs is 1. The highest BCUT2D eigenvalue weighted by Crippen LogP contribution is 2.23. The highest BCUT2D eigenvalue weighted by molar-refractivity contribution is 7.89. The van der Waals surface area contributed by atoms with Gasteiger partial charge in [0.1, 0.15) is 5.69 Å². The number of para-hydroxylation sites is 1. The minimum absolute atomic E-state index is 0.0627. The molecule has 1 atom stereocenters. The summed E-state index contributed by atoms with van der Waals surface area (Å²) in [6.07, 6.45) is 1.10. The molecule has 0 saturated carbocycles. The van der Waals surface area contributed by atoms with Gasteiger partial charge in [0.05, 0.1) is 16.3 Å². The molecule has 160 valence electrons. The molecule has 1 fully saturated rings.